The van der Waals surface area contributed by atoms with E-state index in [4.69, 9.17) is 11.6 Å². The van der Waals surface area contributed by atoms with E-state index in [0.717, 1.165) is 0 Å². The fraction of sp³-hybridized carbons (Fsp3) is 0.444. The predicted molar refractivity (Wildman–Crippen MR) is 65.4 cm³/mol. The van der Waals surface area contributed by atoms with Crippen molar-refractivity contribution in [3.05, 3.63) is 17.9 Å². The van der Waals surface area contributed by atoms with Gasteiger partial charge >= 0.3 is 0 Å². The fourth-order valence-corrected chi connectivity index (χ4v) is 2.07. The summed E-state index contributed by atoms with van der Waals surface area (Å²) in [6.07, 6.45) is 2.92. The number of hydrogen-bond donors (Lipinski definition) is 0. The van der Waals surface area contributed by atoms with Gasteiger partial charge in [0.2, 0.25) is 5.28 Å². The molecule has 6 nitrogen and oxygen atoms in total. The van der Waals surface area contributed by atoms with Crippen molar-refractivity contribution in [1.29, 1.82) is 0 Å². The molecule has 2 heterocycles. The van der Waals surface area contributed by atoms with Crippen molar-refractivity contribution >= 4 is 23.4 Å². The van der Waals surface area contributed by atoms with Crippen molar-refractivity contribution in [2.45, 2.75) is 30.7 Å². The third-order valence-electron chi connectivity index (χ3n) is 1.60. The van der Waals surface area contributed by atoms with Crippen LogP contribution in [0.4, 0.5) is 0 Å². The molecule has 8 heteroatoms. The number of thioether (sulfide) groups is 1. The van der Waals surface area contributed by atoms with Crippen LogP contribution >= 0.6 is 23.4 Å². The summed E-state index contributed by atoms with van der Waals surface area (Å²) in [6.45, 7) is 6.22. The molecule has 0 radical (unpaired) electrons. The van der Waals surface area contributed by atoms with Gasteiger partial charge in [0, 0.05) is 4.75 Å². The van der Waals surface area contributed by atoms with Gasteiger partial charge < -0.3 is 0 Å². The predicted octanol–water partition coefficient (Wildman–Crippen LogP) is 2.00. The lowest BCUT2D eigenvalue weighted by Crippen LogP contribution is -2.11. The van der Waals surface area contributed by atoms with Crippen LogP contribution in [-0.4, -0.2) is 34.5 Å². The Labute approximate surface area is 108 Å². The molecule has 0 spiro atoms. The Balaban J connectivity index is 2.36. The number of rotatable bonds is 2. The minimum atomic E-state index is 0.00428. The van der Waals surface area contributed by atoms with Crippen molar-refractivity contribution in [3.63, 3.8) is 0 Å². The number of nitrogens with zero attached hydrogens (tertiary/aromatic N) is 6. The summed E-state index contributed by atoms with van der Waals surface area (Å²) in [5.41, 5.74) is 0. The minimum Gasteiger partial charge on any atom is -0.223 e. The van der Waals surface area contributed by atoms with Crippen molar-refractivity contribution < 1.29 is 0 Å². The van der Waals surface area contributed by atoms with Gasteiger partial charge in [0.25, 0.3) is 5.95 Å². The molecule has 0 N–H and O–H groups in total. The van der Waals surface area contributed by atoms with E-state index >= 15 is 0 Å². The van der Waals surface area contributed by atoms with Gasteiger partial charge in [-0.1, -0.05) is 32.5 Å². The van der Waals surface area contributed by atoms with Gasteiger partial charge in [-0.05, 0) is 11.6 Å². The highest BCUT2D eigenvalue weighted by Crippen LogP contribution is 2.29. The summed E-state index contributed by atoms with van der Waals surface area (Å²) in [7, 11) is 0. The zero-order valence-corrected chi connectivity index (χ0v) is 11.2. The Morgan fingerprint density at radius 2 is 2.00 bits per heavy atom. The molecule has 2 aromatic heterocycles. The Kier molecular flexibility index (Phi) is 3.30. The Morgan fingerprint density at radius 1 is 1.24 bits per heavy atom. The highest BCUT2D eigenvalue weighted by molar-refractivity contribution is 8.00. The van der Waals surface area contributed by atoms with E-state index in [1.807, 2.05) is 0 Å². The molecule has 0 aromatic carbocycles. The Hall–Kier alpha value is -1.21. The second kappa shape index (κ2) is 4.58. The fourth-order valence-electron chi connectivity index (χ4n) is 1.06. The first-order valence-corrected chi connectivity index (χ1v) is 6.09. The molecule has 17 heavy (non-hydrogen) atoms. The summed E-state index contributed by atoms with van der Waals surface area (Å²) in [6, 6.07) is 0. The zero-order chi connectivity index (χ0) is 12.5. The van der Waals surface area contributed by atoms with E-state index in [9.17, 15) is 0 Å². The third-order valence-corrected chi connectivity index (χ3v) is 2.74. The average Bonchev–Trinajstić information content (AvgIpc) is 2.65. The van der Waals surface area contributed by atoms with Crippen molar-refractivity contribution in [2.24, 2.45) is 0 Å². The van der Waals surface area contributed by atoms with Crippen LogP contribution in [0.5, 0.6) is 0 Å². The highest BCUT2D eigenvalue weighted by Gasteiger charge is 2.16. The summed E-state index contributed by atoms with van der Waals surface area (Å²) < 4.78 is 1.45. The van der Waals surface area contributed by atoms with Crippen LogP contribution in [0.2, 0.25) is 5.28 Å². The molecule has 0 fully saturated rings. The zero-order valence-electron chi connectivity index (χ0n) is 9.62. The van der Waals surface area contributed by atoms with Gasteiger partial charge in [0.05, 0.1) is 0 Å². The van der Waals surface area contributed by atoms with Crippen LogP contribution in [0.25, 0.3) is 5.95 Å². The Bertz CT molecular complexity index is 507. The molecule has 0 amide bonds. The minimum absolute atomic E-state index is 0.00428. The van der Waals surface area contributed by atoms with Crippen molar-refractivity contribution in [1.82, 2.24) is 29.7 Å². The van der Waals surface area contributed by atoms with E-state index < -0.39 is 0 Å². The van der Waals surface area contributed by atoms with E-state index in [1.165, 1.54) is 29.1 Å². The third kappa shape index (κ3) is 3.37. The lowest BCUT2D eigenvalue weighted by atomic mass is 10.3. The van der Waals surface area contributed by atoms with E-state index in [-0.39, 0.29) is 10.0 Å². The van der Waals surface area contributed by atoms with Gasteiger partial charge in [-0.3, -0.25) is 0 Å². The maximum Gasteiger partial charge on any atom is 0.257 e. The highest BCUT2D eigenvalue weighted by atomic mass is 35.5. The molecule has 0 aliphatic heterocycles. The van der Waals surface area contributed by atoms with Crippen LogP contribution in [0.3, 0.4) is 0 Å². The molecule has 0 saturated carbocycles. The summed E-state index contributed by atoms with van der Waals surface area (Å²) in [4.78, 5) is 16.2. The SMILES string of the molecule is CC(C)(C)Sc1nc(Cl)nc(-n2cncn2)n1. The average molecular weight is 271 g/mol. The molecule has 90 valence electrons. The number of hydrogen-bond acceptors (Lipinski definition) is 6. The molecule has 0 saturated heterocycles. The number of aromatic nitrogens is 6. The first-order chi connectivity index (χ1) is 7.94. The number of halogens is 1. The molecular weight excluding hydrogens is 260 g/mol. The molecular formula is C9H11ClN6S. The second-order valence-electron chi connectivity index (χ2n) is 4.24. The molecule has 0 aliphatic rings. The lowest BCUT2D eigenvalue weighted by Gasteiger charge is -2.15. The van der Waals surface area contributed by atoms with Gasteiger partial charge in [0.15, 0.2) is 5.16 Å². The van der Waals surface area contributed by atoms with Gasteiger partial charge in [0.1, 0.15) is 12.7 Å². The molecule has 0 aliphatic carbocycles. The Morgan fingerprint density at radius 3 is 2.59 bits per heavy atom. The van der Waals surface area contributed by atoms with Gasteiger partial charge in [-0.25, -0.2) is 4.98 Å². The lowest BCUT2D eigenvalue weighted by molar-refractivity contribution is 0.745. The summed E-state index contributed by atoms with van der Waals surface area (Å²) in [5, 5.41) is 4.67. The van der Waals surface area contributed by atoms with E-state index in [0.29, 0.717) is 11.1 Å². The monoisotopic (exact) mass is 270 g/mol. The molecule has 0 unspecified atom stereocenters. The first-order valence-electron chi connectivity index (χ1n) is 4.90. The molecule has 2 rings (SSSR count). The van der Waals surface area contributed by atoms with Crippen LogP contribution < -0.4 is 0 Å². The summed E-state index contributed by atoms with van der Waals surface area (Å²) in [5.74, 6) is 0.370. The van der Waals surface area contributed by atoms with E-state index in [1.54, 1.807) is 0 Å². The standard InChI is InChI=1S/C9H11ClN6S/c1-9(2,3)17-8-14-6(10)13-7(15-8)16-5-11-4-12-16/h4-5H,1-3H3. The first kappa shape index (κ1) is 12.3. The largest absolute Gasteiger partial charge is 0.257 e. The van der Waals surface area contributed by atoms with E-state index in [2.05, 4.69) is 45.8 Å². The quantitative estimate of drug-likeness (QED) is 0.778. The second-order valence-corrected chi connectivity index (χ2v) is 6.37. The molecule has 2 aromatic rings. The maximum atomic E-state index is 5.86. The van der Waals surface area contributed by atoms with Crippen LogP contribution in [0.1, 0.15) is 20.8 Å². The van der Waals surface area contributed by atoms with Crippen LogP contribution in [0.15, 0.2) is 17.8 Å². The molecule has 0 bridgehead atoms. The molecule has 0 atom stereocenters. The van der Waals surface area contributed by atoms with Crippen LogP contribution in [0, 0.1) is 0 Å². The van der Waals surface area contributed by atoms with Gasteiger partial charge in [-0.15, -0.1) is 0 Å². The topological polar surface area (TPSA) is 69.4 Å². The van der Waals surface area contributed by atoms with Crippen LogP contribution in [-0.2, 0) is 0 Å². The van der Waals surface area contributed by atoms with Crippen molar-refractivity contribution in [3.8, 4) is 5.95 Å². The van der Waals surface area contributed by atoms with Gasteiger partial charge in [-0.2, -0.15) is 24.7 Å². The summed E-state index contributed by atoms with van der Waals surface area (Å²) >= 11 is 7.38. The maximum absolute atomic E-state index is 5.86. The smallest absolute Gasteiger partial charge is 0.223 e. The van der Waals surface area contributed by atoms with Crippen molar-refractivity contribution in [2.75, 3.05) is 0 Å². The normalized spacial score (nSPS) is 11.8.